The van der Waals surface area contributed by atoms with Gasteiger partial charge in [-0.3, -0.25) is 0 Å². The topological polar surface area (TPSA) is 49.0 Å². The van der Waals surface area contributed by atoms with Crippen LogP contribution in [0.15, 0.2) is 53.3 Å². The average Bonchev–Trinajstić information content (AvgIpc) is 2.76. The van der Waals surface area contributed by atoms with Gasteiger partial charge in [0.05, 0.1) is 12.3 Å². The van der Waals surface area contributed by atoms with Gasteiger partial charge < -0.3 is 4.74 Å². The number of rotatable bonds is 1. The first-order valence-corrected chi connectivity index (χ1v) is 6.93. The highest BCUT2D eigenvalue weighted by atomic mass is 19.1. The van der Waals surface area contributed by atoms with Gasteiger partial charge in [-0.1, -0.05) is 18.2 Å². The Bertz CT molecular complexity index is 899. The van der Waals surface area contributed by atoms with Gasteiger partial charge in [0, 0.05) is 12.5 Å². The summed E-state index contributed by atoms with van der Waals surface area (Å²) in [7, 11) is 0. The number of fused-ring (bicyclic) bond motifs is 3. The molecule has 0 saturated heterocycles. The number of aromatic nitrogens is 3. The maximum atomic E-state index is 13.7. The Labute approximate surface area is 125 Å². The molecule has 3 aromatic rings. The molecular weight excluding hydrogens is 285 g/mol. The van der Waals surface area contributed by atoms with Crippen LogP contribution in [0.5, 0.6) is 5.75 Å². The standard InChI is InChI=1S/C16H12FN3O2/c17-11-6-7-14-13(10-11)20-15(8-9-22-14)18-16(21)19(20)12-4-2-1-3-5-12/h1-7,10H,8-9H2. The molecule has 0 amide bonds. The maximum absolute atomic E-state index is 13.7. The fraction of sp³-hybridized carbons (Fsp3) is 0.125. The molecule has 5 nitrogen and oxygen atoms in total. The Kier molecular flexibility index (Phi) is 2.82. The molecule has 0 unspecified atom stereocenters. The van der Waals surface area contributed by atoms with Crippen LogP contribution in [-0.4, -0.2) is 21.0 Å². The van der Waals surface area contributed by atoms with Gasteiger partial charge in [0.2, 0.25) is 0 Å². The Morgan fingerprint density at radius 3 is 2.73 bits per heavy atom. The number of halogens is 1. The molecule has 2 aromatic carbocycles. The molecule has 110 valence electrons. The highest BCUT2D eigenvalue weighted by Crippen LogP contribution is 2.28. The molecule has 0 spiro atoms. The molecular formula is C16H12FN3O2. The van der Waals surface area contributed by atoms with E-state index in [1.807, 2.05) is 18.2 Å². The van der Waals surface area contributed by atoms with Crippen molar-refractivity contribution in [3.05, 3.63) is 70.7 Å². The lowest BCUT2D eigenvalue weighted by Crippen LogP contribution is -2.21. The summed E-state index contributed by atoms with van der Waals surface area (Å²) in [6.45, 7) is 0.393. The van der Waals surface area contributed by atoms with Gasteiger partial charge in [-0.2, -0.15) is 9.67 Å². The first kappa shape index (κ1) is 12.8. The van der Waals surface area contributed by atoms with Crippen molar-refractivity contribution >= 4 is 0 Å². The largest absolute Gasteiger partial charge is 0.491 e. The zero-order chi connectivity index (χ0) is 15.1. The summed E-state index contributed by atoms with van der Waals surface area (Å²) < 4.78 is 22.4. The van der Waals surface area contributed by atoms with Crippen molar-refractivity contribution in [2.45, 2.75) is 6.42 Å². The minimum absolute atomic E-state index is 0.390. The highest BCUT2D eigenvalue weighted by molar-refractivity contribution is 5.49. The molecule has 0 atom stereocenters. The monoisotopic (exact) mass is 297 g/mol. The van der Waals surface area contributed by atoms with Crippen LogP contribution in [0.1, 0.15) is 5.82 Å². The van der Waals surface area contributed by atoms with Crippen molar-refractivity contribution in [1.82, 2.24) is 14.3 Å². The van der Waals surface area contributed by atoms with Crippen LogP contribution in [0.25, 0.3) is 11.4 Å². The van der Waals surface area contributed by atoms with Crippen LogP contribution in [0.4, 0.5) is 4.39 Å². The normalized spacial score (nSPS) is 13.0. The second-order valence-electron chi connectivity index (χ2n) is 4.98. The number of para-hydroxylation sites is 1. The Morgan fingerprint density at radius 1 is 1.09 bits per heavy atom. The molecule has 1 aliphatic heterocycles. The average molecular weight is 297 g/mol. The van der Waals surface area contributed by atoms with E-state index >= 15 is 0 Å². The van der Waals surface area contributed by atoms with E-state index in [1.165, 1.54) is 16.8 Å². The molecule has 6 heteroatoms. The van der Waals surface area contributed by atoms with Gasteiger partial charge >= 0.3 is 5.69 Å². The van der Waals surface area contributed by atoms with Crippen LogP contribution in [-0.2, 0) is 6.42 Å². The fourth-order valence-electron chi connectivity index (χ4n) is 2.64. The lowest BCUT2D eigenvalue weighted by molar-refractivity contribution is 0.325. The van der Waals surface area contributed by atoms with Gasteiger partial charge in [0.15, 0.2) is 0 Å². The van der Waals surface area contributed by atoms with Crippen molar-refractivity contribution in [1.29, 1.82) is 0 Å². The summed E-state index contributed by atoms with van der Waals surface area (Å²) in [6.07, 6.45) is 0.478. The molecule has 1 aliphatic rings. The van der Waals surface area contributed by atoms with E-state index in [-0.39, 0.29) is 0 Å². The van der Waals surface area contributed by atoms with Crippen LogP contribution in [0, 0.1) is 5.82 Å². The molecule has 4 rings (SSSR count). The highest BCUT2D eigenvalue weighted by Gasteiger charge is 2.22. The number of nitrogens with zero attached hydrogens (tertiary/aromatic N) is 3. The Morgan fingerprint density at radius 2 is 1.91 bits per heavy atom. The Balaban J connectivity index is 2.06. The zero-order valence-corrected chi connectivity index (χ0v) is 11.6. The maximum Gasteiger partial charge on any atom is 0.369 e. The van der Waals surface area contributed by atoms with Crippen molar-refractivity contribution in [2.24, 2.45) is 0 Å². The molecule has 1 aromatic heterocycles. The second-order valence-corrected chi connectivity index (χ2v) is 4.98. The summed E-state index contributed by atoms with van der Waals surface area (Å²) in [6, 6.07) is 13.4. The molecule has 2 heterocycles. The summed E-state index contributed by atoms with van der Waals surface area (Å²) in [4.78, 5) is 16.4. The van der Waals surface area contributed by atoms with E-state index in [4.69, 9.17) is 4.74 Å². The van der Waals surface area contributed by atoms with Gasteiger partial charge in [-0.15, -0.1) is 0 Å². The summed E-state index contributed by atoms with van der Waals surface area (Å²) in [5.41, 5.74) is 0.757. The van der Waals surface area contributed by atoms with Crippen molar-refractivity contribution in [3.63, 3.8) is 0 Å². The quantitative estimate of drug-likeness (QED) is 0.691. The molecule has 0 saturated carbocycles. The van der Waals surface area contributed by atoms with Crippen molar-refractivity contribution < 1.29 is 9.13 Å². The number of ether oxygens (including phenoxy) is 1. The van der Waals surface area contributed by atoms with E-state index in [0.29, 0.717) is 36.0 Å². The number of benzene rings is 2. The molecule has 0 aliphatic carbocycles. The van der Waals surface area contributed by atoms with Crippen LogP contribution < -0.4 is 10.4 Å². The zero-order valence-electron chi connectivity index (χ0n) is 11.6. The number of hydrogen-bond donors (Lipinski definition) is 0. The third-order valence-corrected chi connectivity index (χ3v) is 3.58. The van der Waals surface area contributed by atoms with E-state index in [0.717, 1.165) is 0 Å². The third kappa shape index (κ3) is 1.92. The van der Waals surface area contributed by atoms with E-state index in [9.17, 15) is 9.18 Å². The first-order valence-electron chi connectivity index (χ1n) is 6.93. The van der Waals surface area contributed by atoms with Gasteiger partial charge in [0.25, 0.3) is 0 Å². The Hall–Kier alpha value is -2.89. The second kappa shape index (κ2) is 4.84. The van der Waals surface area contributed by atoms with E-state index in [2.05, 4.69) is 4.98 Å². The summed E-state index contributed by atoms with van der Waals surface area (Å²) >= 11 is 0. The number of hydrogen-bond acceptors (Lipinski definition) is 3. The summed E-state index contributed by atoms with van der Waals surface area (Å²) in [5, 5.41) is 0. The molecule has 0 radical (unpaired) electrons. The lowest BCUT2D eigenvalue weighted by Gasteiger charge is -2.13. The minimum Gasteiger partial charge on any atom is -0.491 e. The molecule has 0 N–H and O–H groups in total. The predicted molar refractivity (Wildman–Crippen MR) is 78.3 cm³/mol. The van der Waals surface area contributed by atoms with Crippen molar-refractivity contribution in [3.8, 4) is 17.1 Å². The third-order valence-electron chi connectivity index (χ3n) is 3.58. The SMILES string of the molecule is O=c1nc2n(n1-c1ccccc1)-c1cc(F)ccc1OCC2. The molecule has 22 heavy (non-hydrogen) atoms. The smallest absolute Gasteiger partial charge is 0.369 e. The van der Waals surface area contributed by atoms with E-state index in [1.54, 1.807) is 22.9 Å². The summed E-state index contributed by atoms with van der Waals surface area (Å²) in [5.74, 6) is 0.691. The molecule has 0 bridgehead atoms. The van der Waals surface area contributed by atoms with Gasteiger partial charge in [-0.25, -0.2) is 13.9 Å². The first-order chi connectivity index (χ1) is 10.7. The van der Waals surface area contributed by atoms with Crippen LogP contribution in [0.3, 0.4) is 0 Å². The predicted octanol–water partition coefficient (Wildman–Crippen LogP) is 2.10. The molecule has 0 fully saturated rings. The van der Waals surface area contributed by atoms with E-state index < -0.39 is 11.5 Å². The lowest BCUT2D eigenvalue weighted by atomic mass is 10.3. The van der Waals surface area contributed by atoms with Gasteiger partial charge in [0.1, 0.15) is 23.1 Å². The van der Waals surface area contributed by atoms with Crippen molar-refractivity contribution in [2.75, 3.05) is 6.61 Å². The minimum atomic E-state index is -0.393. The fourth-order valence-corrected chi connectivity index (χ4v) is 2.64. The van der Waals surface area contributed by atoms with Crippen LogP contribution in [0.2, 0.25) is 0 Å². The van der Waals surface area contributed by atoms with Crippen LogP contribution >= 0.6 is 0 Å². The van der Waals surface area contributed by atoms with Gasteiger partial charge in [-0.05, 0) is 24.3 Å².